The van der Waals surface area contributed by atoms with Crippen LogP contribution in [0.2, 0.25) is 0 Å². The van der Waals surface area contributed by atoms with Crippen molar-refractivity contribution in [3.05, 3.63) is 205 Å². The number of fused-ring (bicyclic) bond motifs is 11. The van der Waals surface area contributed by atoms with Crippen molar-refractivity contribution in [1.29, 1.82) is 0 Å². The fourth-order valence-corrected chi connectivity index (χ4v) is 11.0. The standard InChI is InChI=1S/C55H38N2OS/c1-55(2)45-32-31-35-17-9-10-22-39(35)51(45)44-33-38(56(36-18-5-3-6-19-36)47-28-16-26-43-41-24-12-14-30-50(41)59-54(43)47)34-48(52(44)55)57(37-20-7-4-8-21-37)46-27-15-25-42-40-23-11-13-29-49(40)58-53(42)46/h3-34H,1-2H3. The van der Waals surface area contributed by atoms with Gasteiger partial charge in [-0.3, -0.25) is 0 Å². The lowest BCUT2D eigenvalue weighted by Gasteiger charge is -2.34. The number of para-hydroxylation sites is 4. The summed E-state index contributed by atoms with van der Waals surface area (Å²) in [6.07, 6.45) is 0. The summed E-state index contributed by atoms with van der Waals surface area (Å²) >= 11 is 1.86. The van der Waals surface area contributed by atoms with Gasteiger partial charge in [-0.15, -0.1) is 11.3 Å². The molecule has 3 nitrogen and oxygen atoms in total. The Labute approximate surface area is 346 Å². The van der Waals surface area contributed by atoms with Gasteiger partial charge in [0.2, 0.25) is 0 Å². The number of nitrogens with zero attached hydrogens (tertiary/aromatic N) is 2. The maximum absolute atomic E-state index is 6.84. The van der Waals surface area contributed by atoms with E-state index in [0.717, 1.165) is 56.1 Å². The SMILES string of the molecule is CC1(C)c2ccc3ccccc3c2-c2cc(N(c3ccccc3)c3cccc4c3sc3ccccc34)cc(N(c3ccccc3)c3cccc4c3oc3ccccc34)c21. The van der Waals surface area contributed by atoms with E-state index in [1.54, 1.807) is 0 Å². The van der Waals surface area contributed by atoms with Crippen molar-refractivity contribution in [3.63, 3.8) is 0 Å². The highest BCUT2D eigenvalue weighted by molar-refractivity contribution is 7.26. The van der Waals surface area contributed by atoms with Gasteiger partial charge in [0.05, 0.1) is 21.8 Å². The second kappa shape index (κ2) is 12.9. The van der Waals surface area contributed by atoms with E-state index in [-0.39, 0.29) is 5.41 Å². The van der Waals surface area contributed by atoms with E-state index < -0.39 is 0 Å². The molecule has 0 saturated heterocycles. The van der Waals surface area contributed by atoms with Gasteiger partial charge in [0.15, 0.2) is 5.58 Å². The zero-order valence-corrected chi connectivity index (χ0v) is 33.5. The molecule has 0 saturated carbocycles. The summed E-state index contributed by atoms with van der Waals surface area (Å²) < 4.78 is 9.39. The molecular formula is C55H38N2OS. The number of furan rings is 1. The minimum atomic E-state index is -0.333. The molecule has 280 valence electrons. The molecular weight excluding hydrogens is 737 g/mol. The highest BCUT2D eigenvalue weighted by atomic mass is 32.1. The van der Waals surface area contributed by atoms with E-state index >= 15 is 0 Å². The van der Waals surface area contributed by atoms with Gasteiger partial charge in [0.1, 0.15) is 5.58 Å². The van der Waals surface area contributed by atoms with E-state index in [4.69, 9.17) is 4.42 Å². The van der Waals surface area contributed by atoms with E-state index in [2.05, 4.69) is 218 Å². The van der Waals surface area contributed by atoms with Crippen LogP contribution >= 0.6 is 11.3 Å². The maximum Gasteiger partial charge on any atom is 0.159 e. The number of hydrogen-bond acceptors (Lipinski definition) is 4. The van der Waals surface area contributed by atoms with Gasteiger partial charge in [-0.05, 0) is 93.7 Å². The predicted octanol–water partition coefficient (Wildman–Crippen LogP) is 16.4. The molecule has 0 bridgehead atoms. The Kier molecular flexibility index (Phi) is 7.44. The summed E-state index contributed by atoms with van der Waals surface area (Å²) in [5.74, 6) is 0. The predicted molar refractivity (Wildman–Crippen MR) is 251 cm³/mol. The largest absolute Gasteiger partial charge is 0.454 e. The number of anilines is 6. The van der Waals surface area contributed by atoms with E-state index in [1.807, 2.05) is 11.3 Å². The zero-order chi connectivity index (χ0) is 39.2. The van der Waals surface area contributed by atoms with Crippen LogP contribution < -0.4 is 9.80 Å². The molecule has 1 aliphatic carbocycles. The van der Waals surface area contributed by atoms with Crippen LogP contribution in [0.3, 0.4) is 0 Å². The van der Waals surface area contributed by atoms with Gasteiger partial charge in [0, 0.05) is 48.7 Å². The van der Waals surface area contributed by atoms with Crippen LogP contribution in [0.4, 0.5) is 34.1 Å². The molecule has 0 unspecified atom stereocenters. The fourth-order valence-electron chi connectivity index (χ4n) is 9.79. The summed E-state index contributed by atoms with van der Waals surface area (Å²) in [6, 6.07) is 70.6. The monoisotopic (exact) mass is 774 g/mol. The second-order valence-electron chi connectivity index (χ2n) is 16.1. The van der Waals surface area contributed by atoms with E-state index in [0.29, 0.717) is 0 Å². The van der Waals surface area contributed by atoms with Crippen molar-refractivity contribution in [2.24, 2.45) is 0 Å². The molecule has 11 aromatic rings. The minimum absolute atomic E-state index is 0.333. The van der Waals surface area contributed by atoms with E-state index in [1.165, 1.54) is 53.2 Å². The quantitative estimate of drug-likeness (QED) is 0.168. The molecule has 0 radical (unpaired) electrons. The highest BCUT2D eigenvalue weighted by Gasteiger charge is 2.41. The van der Waals surface area contributed by atoms with Crippen LogP contribution in [0.5, 0.6) is 0 Å². The van der Waals surface area contributed by atoms with Crippen molar-refractivity contribution in [2.75, 3.05) is 9.80 Å². The first-order valence-corrected chi connectivity index (χ1v) is 21.1. The molecule has 0 atom stereocenters. The third-order valence-corrected chi connectivity index (χ3v) is 13.6. The molecule has 59 heavy (non-hydrogen) atoms. The Bertz CT molecular complexity index is 3430. The first-order chi connectivity index (χ1) is 29.0. The first kappa shape index (κ1) is 33.9. The van der Waals surface area contributed by atoms with Gasteiger partial charge in [-0.25, -0.2) is 0 Å². The second-order valence-corrected chi connectivity index (χ2v) is 17.1. The third-order valence-electron chi connectivity index (χ3n) is 12.4. The van der Waals surface area contributed by atoms with Gasteiger partial charge < -0.3 is 14.2 Å². The molecule has 12 rings (SSSR count). The Morgan fingerprint density at radius 3 is 1.88 bits per heavy atom. The smallest absolute Gasteiger partial charge is 0.159 e. The Balaban J connectivity index is 1.23. The Morgan fingerprint density at radius 2 is 1.08 bits per heavy atom. The summed E-state index contributed by atoms with van der Waals surface area (Å²) in [4.78, 5) is 4.93. The van der Waals surface area contributed by atoms with Crippen LogP contribution in [0, 0.1) is 0 Å². The summed E-state index contributed by atoms with van der Waals surface area (Å²) in [5.41, 5.74) is 13.1. The van der Waals surface area contributed by atoms with E-state index in [9.17, 15) is 0 Å². The van der Waals surface area contributed by atoms with Gasteiger partial charge in [-0.2, -0.15) is 0 Å². The zero-order valence-electron chi connectivity index (χ0n) is 32.7. The van der Waals surface area contributed by atoms with Crippen LogP contribution in [0.1, 0.15) is 25.0 Å². The molecule has 2 aromatic heterocycles. The van der Waals surface area contributed by atoms with Crippen molar-refractivity contribution >= 4 is 98.3 Å². The first-order valence-electron chi connectivity index (χ1n) is 20.3. The molecule has 9 aromatic carbocycles. The molecule has 0 fully saturated rings. The van der Waals surface area contributed by atoms with Crippen LogP contribution in [0.15, 0.2) is 199 Å². The Hall–Kier alpha value is -7.14. The van der Waals surface area contributed by atoms with Gasteiger partial charge in [0.25, 0.3) is 0 Å². The normalized spacial score (nSPS) is 13.1. The topological polar surface area (TPSA) is 19.6 Å². The maximum atomic E-state index is 6.84. The van der Waals surface area contributed by atoms with Gasteiger partial charge in [-0.1, -0.05) is 147 Å². The molecule has 4 heteroatoms. The molecule has 2 heterocycles. The number of benzene rings is 9. The van der Waals surface area contributed by atoms with Crippen molar-refractivity contribution in [1.82, 2.24) is 0 Å². The molecule has 0 aliphatic heterocycles. The molecule has 1 aliphatic rings. The molecule has 0 spiro atoms. The number of hydrogen-bond donors (Lipinski definition) is 0. The van der Waals surface area contributed by atoms with Crippen LogP contribution in [-0.4, -0.2) is 0 Å². The van der Waals surface area contributed by atoms with Crippen molar-refractivity contribution in [2.45, 2.75) is 19.3 Å². The lowest BCUT2D eigenvalue weighted by atomic mass is 9.80. The number of rotatable bonds is 6. The fraction of sp³-hybridized carbons (Fsp3) is 0.0545. The molecule has 0 N–H and O–H groups in total. The summed E-state index contributed by atoms with van der Waals surface area (Å²) in [6.45, 7) is 4.79. The lowest BCUT2D eigenvalue weighted by Crippen LogP contribution is -2.21. The average molecular weight is 775 g/mol. The third kappa shape index (κ3) is 5.06. The minimum Gasteiger partial charge on any atom is -0.454 e. The lowest BCUT2D eigenvalue weighted by molar-refractivity contribution is 0.659. The number of thiophene rings is 1. The van der Waals surface area contributed by atoms with Crippen molar-refractivity contribution in [3.8, 4) is 11.1 Å². The van der Waals surface area contributed by atoms with Crippen molar-refractivity contribution < 1.29 is 4.42 Å². The summed E-state index contributed by atoms with van der Waals surface area (Å²) in [5, 5.41) is 7.27. The van der Waals surface area contributed by atoms with Crippen LogP contribution in [0.25, 0.3) is 64.0 Å². The Morgan fingerprint density at radius 1 is 0.458 bits per heavy atom. The molecule has 0 amide bonds. The summed E-state index contributed by atoms with van der Waals surface area (Å²) in [7, 11) is 0. The van der Waals surface area contributed by atoms with Crippen LogP contribution in [-0.2, 0) is 5.41 Å². The average Bonchev–Trinajstić information content (AvgIpc) is 3.93. The van der Waals surface area contributed by atoms with Gasteiger partial charge >= 0.3 is 0 Å². The highest BCUT2D eigenvalue weighted by Crippen LogP contribution is 2.59.